The summed E-state index contributed by atoms with van der Waals surface area (Å²) in [6, 6.07) is 19.6. The summed E-state index contributed by atoms with van der Waals surface area (Å²) in [5, 5.41) is 3.59. The van der Waals surface area contributed by atoms with Crippen molar-refractivity contribution in [1.29, 1.82) is 0 Å². The number of halogens is 1. The van der Waals surface area contributed by atoms with E-state index in [1.54, 1.807) is 0 Å². The van der Waals surface area contributed by atoms with Crippen molar-refractivity contribution < 1.29 is 14.1 Å². The number of amides is 1. The number of hydrogen-bond acceptors (Lipinski definition) is 2. The largest absolute Gasteiger partial charge is 0.492 e. The minimum Gasteiger partial charge on any atom is -0.492 e. The van der Waals surface area contributed by atoms with Gasteiger partial charge in [-0.25, -0.2) is 4.57 Å². The van der Waals surface area contributed by atoms with Gasteiger partial charge in [-0.05, 0) is 36.2 Å². The maximum atomic E-state index is 12.7. The monoisotopic (exact) mass is 577 g/mol. The second-order valence-electron chi connectivity index (χ2n) is 11.2. The van der Waals surface area contributed by atoms with Crippen LogP contribution in [0, 0.1) is 0 Å². The van der Waals surface area contributed by atoms with Crippen LogP contribution in [0.2, 0.25) is 5.02 Å². The summed E-state index contributed by atoms with van der Waals surface area (Å²) in [5.41, 5.74) is 2.86. The first-order valence-electron chi connectivity index (χ1n) is 15.9. The van der Waals surface area contributed by atoms with Gasteiger partial charge in [0.2, 0.25) is 5.91 Å². The second kappa shape index (κ2) is 20.1. The molecule has 0 spiro atoms. The molecule has 2 aromatic carbocycles. The lowest BCUT2D eigenvalue weighted by molar-refractivity contribution is -0.688. The van der Waals surface area contributed by atoms with Crippen molar-refractivity contribution >= 4 is 23.2 Å². The average Bonchev–Trinajstić information content (AvgIpc) is 2.98. The summed E-state index contributed by atoms with van der Waals surface area (Å²) < 4.78 is 8.10. The van der Waals surface area contributed by atoms with E-state index in [2.05, 4.69) is 16.8 Å². The second-order valence-corrected chi connectivity index (χ2v) is 11.6. The first-order valence-corrected chi connectivity index (χ1v) is 16.3. The number of rotatable bonds is 21. The Labute approximate surface area is 253 Å². The van der Waals surface area contributed by atoms with Crippen molar-refractivity contribution in [3.63, 3.8) is 0 Å². The van der Waals surface area contributed by atoms with E-state index in [-0.39, 0.29) is 12.3 Å². The van der Waals surface area contributed by atoms with Gasteiger partial charge in [0.05, 0.1) is 18.1 Å². The Bertz CT molecular complexity index is 1120. The predicted molar refractivity (Wildman–Crippen MR) is 172 cm³/mol. The Hall–Kier alpha value is -2.85. The minimum atomic E-state index is -0.0598. The smallest absolute Gasteiger partial charge is 0.228 e. The van der Waals surface area contributed by atoms with Crippen LogP contribution in [-0.2, 0) is 17.8 Å². The van der Waals surface area contributed by atoms with E-state index in [4.69, 9.17) is 16.3 Å². The maximum absolute atomic E-state index is 12.7. The molecule has 0 bridgehead atoms. The van der Waals surface area contributed by atoms with Crippen LogP contribution in [0.3, 0.4) is 0 Å². The number of anilines is 1. The van der Waals surface area contributed by atoms with Crippen molar-refractivity contribution in [1.82, 2.24) is 0 Å². The molecule has 4 nitrogen and oxygen atoms in total. The number of unbranched alkanes of at least 4 members (excludes halogenated alkanes) is 13. The molecule has 41 heavy (non-hydrogen) atoms. The molecule has 0 saturated heterocycles. The summed E-state index contributed by atoms with van der Waals surface area (Å²) in [4.78, 5) is 12.7. The number of nitrogens with zero attached hydrogens (tertiary/aromatic N) is 1. The van der Waals surface area contributed by atoms with Crippen molar-refractivity contribution in [2.45, 2.75) is 110 Å². The third kappa shape index (κ3) is 14.1. The van der Waals surface area contributed by atoms with E-state index in [1.807, 2.05) is 73.1 Å². The highest BCUT2D eigenvalue weighted by Crippen LogP contribution is 2.26. The van der Waals surface area contributed by atoms with Gasteiger partial charge in [0.1, 0.15) is 5.75 Å². The van der Waals surface area contributed by atoms with Gasteiger partial charge in [-0.2, -0.15) is 0 Å². The molecule has 0 aliphatic rings. The summed E-state index contributed by atoms with van der Waals surface area (Å²) >= 11 is 6.37. The van der Waals surface area contributed by atoms with Gasteiger partial charge in [0.15, 0.2) is 18.9 Å². The standard InChI is InChI=1S/C36H49ClN2O2/c1-2-3-4-5-6-7-8-9-10-11-12-13-14-18-27-41-35-28-32(21-24-34(35)37)29-36(40)38-33-22-19-31(20-23-33)30-39-25-16-15-17-26-39/h15-17,19-26,28H,2-14,18,27,29-30H2,1H3/p+1. The zero-order valence-electron chi connectivity index (χ0n) is 25.1. The molecule has 0 aliphatic heterocycles. The Morgan fingerprint density at radius 2 is 1.29 bits per heavy atom. The first kappa shape index (κ1) is 32.7. The molecule has 0 aliphatic carbocycles. The Morgan fingerprint density at radius 3 is 1.90 bits per heavy atom. The Morgan fingerprint density at radius 1 is 0.732 bits per heavy atom. The van der Waals surface area contributed by atoms with Crippen LogP contribution >= 0.6 is 11.6 Å². The highest BCUT2D eigenvalue weighted by Gasteiger charge is 2.09. The Balaban J connectivity index is 1.26. The van der Waals surface area contributed by atoms with Crippen LogP contribution in [0.4, 0.5) is 5.69 Å². The lowest BCUT2D eigenvalue weighted by atomic mass is 10.0. The van der Waals surface area contributed by atoms with Crippen LogP contribution in [-0.4, -0.2) is 12.5 Å². The number of nitrogens with one attached hydrogen (secondary N) is 1. The van der Waals surface area contributed by atoms with Crippen LogP contribution in [0.5, 0.6) is 5.75 Å². The van der Waals surface area contributed by atoms with Crippen LogP contribution in [0.25, 0.3) is 0 Å². The van der Waals surface area contributed by atoms with Crippen molar-refractivity contribution in [2.75, 3.05) is 11.9 Å². The van der Waals surface area contributed by atoms with Gasteiger partial charge in [-0.15, -0.1) is 0 Å². The van der Waals surface area contributed by atoms with Gasteiger partial charge >= 0.3 is 0 Å². The van der Waals surface area contributed by atoms with E-state index >= 15 is 0 Å². The summed E-state index contributed by atoms with van der Waals surface area (Å²) in [5.74, 6) is 0.602. The molecule has 5 heteroatoms. The molecular weight excluding hydrogens is 528 g/mol. The molecule has 0 fully saturated rings. The van der Waals surface area contributed by atoms with E-state index in [0.717, 1.165) is 24.2 Å². The zero-order valence-corrected chi connectivity index (χ0v) is 25.8. The molecule has 1 heterocycles. The maximum Gasteiger partial charge on any atom is 0.228 e. The SMILES string of the molecule is CCCCCCCCCCCCCCCCOc1cc(CC(=O)Nc2ccc(C[n+]3ccccc3)cc2)ccc1Cl. The van der Waals surface area contributed by atoms with Gasteiger partial charge in [-0.3, -0.25) is 4.79 Å². The number of aromatic nitrogens is 1. The summed E-state index contributed by atoms with van der Waals surface area (Å²) in [7, 11) is 0. The van der Waals surface area contributed by atoms with E-state index in [9.17, 15) is 4.79 Å². The number of carbonyl (C=O) groups excluding carboxylic acids is 1. The van der Waals surface area contributed by atoms with Crippen molar-refractivity contribution in [3.05, 3.63) is 89.2 Å². The molecule has 1 amide bonds. The molecule has 0 saturated carbocycles. The fourth-order valence-electron chi connectivity index (χ4n) is 5.08. The third-order valence-electron chi connectivity index (χ3n) is 7.50. The fraction of sp³-hybridized carbons (Fsp3) is 0.500. The molecule has 1 aromatic heterocycles. The van der Waals surface area contributed by atoms with Crippen LogP contribution < -0.4 is 14.6 Å². The molecule has 222 valence electrons. The van der Waals surface area contributed by atoms with E-state index in [0.29, 0.717) is 17.4 Å². The lowest BCUT2D eigenvalue weighted by Crippen LogP contribution is -2.32. The summed E-state index contributed by atoms with van der Waals surface area (Å²) in [6.07, 6.45) is 23.1. The van der Waals surface area contributed by atoms with Crippen molar-refractivity contribution in [3.8, 4) is 5.75 Å². The zero-order chi connectivity index (χ0) is 29.0. The minimum absolute atomic E-state index is 0.0598. The Kier molecular flexibility index (Phi) is 16.0. The number of benzene rings is 2. The molecule has 1 N–H and O–H groups in total. The molecular formula is C36H50ClN2O2+. The van der Waals surface area contributed by atoms with E-state index < -0.39 is 0 Å². The topological polar surface area (TPSA) is 42.2 Å². The lowest BCUT2D eigenvalue weighted by Gasteiger charge is -2.11. The average molecular weight is 578 g/mol. The first-order chi connectivity index (χ1) is 20.1. The van der Waals surface area contributed by atoms with E-state index in [1.165, 1.54) is 89.0 Å². The molecule has 0 atom stereocenters. The molecule has 3 rings (SSSR count). The van der Waals surface area contributed by atoms with Crippen molar-refractivity contribution in [2.24, 2.45) is 0 Å². The molecule has 0 radical (unpaired) electrons. The quantitative estimate of drug-likeness (QED) is 0.101. The van der Waals surface area contributed by atoms with Gasteiger partial charge in [0.25, 0.3) is 0 Å². The van der Waals surface area contributed by atoms with Gasteiger partial charge in [0, 0.05) is 23.4 Å². The highest BCUT2D eigenvalue weighted by atomic mass is 35.5. The van der Waals surface area contributed by atoms with Gasteiger partial charge < -0.3 is 10.1 Å². The third-order valence-corrected chi connectivity index (χ3v) is 7.81. The molecule has 0 unspecified atom stereocenters. The van der Waals surface area contributed by atoms with Crippen LogP contribution in [0.15, 0.2) is 73.1 Å². The number of pyridine rings is 1. The highest BCUT2D eigenvalue weighted by molar-refractivity contribution is 6.32. The number of ether oxygens (including phenoxy) is 1. The number of hydrogen-bond donors (Lipinski definition) is 1. The normalized spacial score (nSPS) is 11.0. The van der Waals surface area contributed by atoms with Gasteiger partial charge in [-0.1, -0.05) is 126 Å². The number of carbonyl (C=O) groups is 1. The molecule has 3 aromatic rings. The van der Waals surface area contributed by atoms with Crippen LogP contribution in [0.1, 0.15) is 108 Å². The summed E-state index contributed by atoms with van der Waals surface area (Å²) in [6.45, 7) is 3.73. The predicted octanol–water partition coefficient (Wildman–Crippen LogP) is 9.72. The fourth-order valence-corrected chi connectivity index (χ4v) is 5.25.